The summed E-state index contributed by atoms with van der Waals surface area (Å²) in [5.74, 6) is 0. The molecule has 94 valence electrons. The number of benzene rings is 1. The van der Waals surface area contributed by atoms with Crippen molar-refractivity contribution in [3.8, 4) is 0 Å². The largest absolute Gasteiger partial charge is 0.398 e. The number of ether oxygens (including phenoxy) is 1. The van der Waals surface area contributed by atoms with Gasteiger partial charge in [0, 0.05) is 22.5 Å². The molecule has 3 N–H and O–H groups in total. The van der Waals surface area contributed by atoms with E-state index in [0.29, 0.717) is 0 Å². The molecule has 0 spiro atoms. The molecular formula is C13H19BrN2O. The van der Waals surface area contributed by atoms with Gasteiger partial charge in [-0.25, -0.2) is 0 Å². The molecule has 0 aliphatic carbocycles. The van der Waals surface area contributed by atoms with E-state index in [1.54, 1.807) is 0 Å². The van der Waals surface area contributed by atoms with Crippen LogP contribution in [0.1, 0.15) is 25.3 Å². The van der Waals surface area contributed by atoms with Crippen LogP contribution in [0.15, 0.2) is 16.6 Å². The maximum Gasteiger partial charge on any atom is 0.0693 e. The third-order valence-electron chi connectivity index (χ3n) is 3.23. The fraction of sp³-hybridized carbons (Fsp3) is 0.538. The van der Waals surface area contributed by atoms with E-state index in [0.717, 1.165) is 47.5 Å². The minimum atomic E-state index is 0.0172. The quantitative estimate of drug-likeness (QED) is 0.824. The molecule has 1 aromatic carbocycles. The second kappa shape index (κ2) is 4.86. The van der Waals surface area contributed by atoms with Crippen molar-refractivity contribution < 1.29 is 4.74 Å². The summed E-state index contributed by atoms with van der Waals surface area (Å²) >= 11 is 3.55. The lowest BCUT2D eigenvalue weighted by atomic mass is 9.94. The molecule has 1 saturated heterocycles. The van der Waals surface area contributed by atoms with E-state index in [2.05, 4.69) is 34.2 Å². The van der Waals surface area contributed by atoms with E-state index in [4.69, 9.17) is 10.5 Å². The molecule has 1 atom stereocenters. The molecule has 0 aromatic heterocycles. The number of aryl methyl sites for hydroxylation is 1. The number of nitrogens with two attached hydrogens (primary N) is 1. The second-order valence-corrected chi connectivity index (χ2v) is 5.88. The highest BCUT2D eigenvalue weighted by molar-refractivity contribution is 9.10. The van der Waals surface area contributed by atoms with Gasteiger partial charge in [0.25, 0.3) is 0 Å². The van der Waals surface area contributed by atoms with E-state index in [-0.39, 0.29) is 5.54 Å². The van der Waals surface area contributed by atoms with Gasteiger partial charge in [-0.1, -0.05) is 0 Å². The first-order valence-corrected chi connectivity index (χ1v) is 6.71. The Morgan fingerprint density at radius 2 is 2.24 bits per heavy atom. The summed E-state index contributed by atoms with van der Waals surface area (Å²) < 4.78 is 6.56. The summed E-state index contributed by atoms with van der Waals surface area (Å²) in [7, 11) is 0. The lowest BCUT2D eigenvalue weighted by Crippen LogP contribution is -2.43. The fourth-order valence-electron chi connectivity index (χ4n) is 2.15. The first-order valence-electron chi connectivity index (χ1n) is 5.92. The summed E-state index contributed by atoms with van der Waals surface area (Å²) in [6.07, 6.45) is 2.23. The van der Waals surface area contributed by atoms with Gasteiger partial charge in [-0.2, -0.15) is 0 Å². The molecule has 1 unspecified atom stereocenters. The Bertz CT molecular complexity index is 414. The van der Waals surface area contributed by atoms with Gasteiger partial charge in [0.05, 0.1) is 12.1 Å². The van der Waals surface area contributed by atoms with Gasteiger partial charge in [0.2, 0.25) is 0 Å². The van der Waals surface area contributed by atoms with E-state index in [9.17, 15) is 0 Å². The maximum absolute atomic E-state index is 5.87. The van der Waals surface area contributed by atoms with Crippen LogP contribution in [0.3, 0.4) is 0 Å². The van der Waals surface area contributed by atoms with Gasteiger partial charge in [0.15, 0.2) is 0 Å². The van der Waals surface area contributed by atoms with Crippen LogP contribution in [0, 0.1) is 6.92 Å². The minimum absolute atomic E-state index is 0.0172. The van der Waals surface area contributed by atoms with E-state index < -0.39 is 0 Å². The van der Waals surface area contributed by atoms with Crippen LogP contribution < -0.4 is 11.1 Å². The van der Waals surface area contributed by atoms with Gasteiger partial charge < -0.3 is 15.8 Å². The summed E-state index contributed by atoms with van der Waals surface area (Å²) in [5.41, 5.74) is 8.88. The summed E-state index contributed by atoms with van der Waals surface area (Å²) in [6.45, 7) is 5.85. The van der Waals surface area contributed by atoms with Crippen molar-refractivity contribution in [1.82, 2.24) is 0 Å². The van der Waals surface area contributed by atoms with Crippen LogP contribution in [0.2, 0.25) is 0 Å². The zero-order valence-electron chi connectivity index (χ0n) is 10.3. The van der Waals surface area contributed by atoms with E-state index in [1.165, 1.54) is 0 Å². The normalized spacial score (nSPS) is 24.6. The highest BCUT2D eigenvalue weighted by Crippen LogP contribution is 2.32. The number of halogens is 1. The molecule has 2 rings (SSSR count). The van der Waals surface area contributed by atoms with Crippen LogP contribution in [0.5, 0.6) is 0 Å². The Morgan fingerprint density at radius 3 is 2.88 bits per heavy atom. The van der Waals surface area contributed by atoms with Crippen LogP contribution in [-0.2, 0) is 4.74 Å². The highest BCUT2D eigenvalue weighted by Gasteiger charge is 2.27. The Labute approximate surface area is 111 Å². The van der Waals surface area contributed by atoms with Crippen molar-refractivity contribution in [2.24, 2.45) is 0 Å². The molecule has 17 heavy (non-hydrogen) atoms. The smallest absolute Gasteiger partial charge is 0.0693 e. The lowest BCUT2D eigenvalue weighted by Gasteiger charge is -2.35. The molecule has 4 heteroatoms. The molecule has 1 heterocycles. The number of nitrogens with one attached hydrogen (secondary N) is 1. The molecular weight excluding hydrogens is 280 g/mol. The SMILES string of the molecule is Cc1cc(NC2(C)CCCOC2)c(Br)cc1N. The third kappa shape index (κ3) is 2.93. The molecule has 0 amide bonds. The number of hydrogen-bond acceptors (Lipinski definition) is 3. The molecule has 3 nitrogen and oxygen atoms in total. The van der Waals surface area contributed by atoms with Gasteiger partial charge in [-0.15, -0.1) is 0 Å². The first kappa shape index (κ1) is 12.7. The van der Waals surface area contributed by atoms with E-state index in [1.807, 2.05) is 13.0 Å². The Morgan fingerprint density at radius 1 is 1.47 bits per heavy atom. The molecule has 1 aliphatic heterocycles. The van der Waals surface area contributed by atoms with Crippen molar-refractivity contribution in [1.29, 1.82) is 0 Å². The monoisotopic (exact) mass is 298 g/mol. The van der Waals surface area contributed by atoms with Crippen molar-refractivity contribution >= 4 is 27.3 Å². The van der Waals surface area contributed by atoms with Gasteiger partial charge in [-0.05, 0) is 60.3 Å². The molecule has 1 fully saturated rings. The van der Waals surface area contributed by atoms with Crippen molar-refractivity contribution in [2.75, 3.05) is 24.3 Å². The van der Waals surface area contributed by atoms with Gasteiger partial charge in [0.1, 0.15) is 0 Å². The fourth-order valence-corrected chi connectivity index (χ4v) is 2.61. The van der Waals surface area contributed by atoms with Crippen LogP contribution in [0.4, 0.5) is 11.4 Å². The summed E-state index contributed by atoms with van der Waals surface area (Å²) in [6, 6.07) is 4.03. The average molecular weight is 299 g/mol. The third-order valence-corrected chi connectivity index (χ3v) is 3.89. The Hall–Kier alpha value is -0.740. The molecule has 0 saturated carbocycles. The molecule has 0 radical (unpaired) electrons. The maximum atomic E-state index is 5.87. The number of rotatable bonds is 2. The minimum Gasteiger partial charge on any atom is -0.398 e. The topological polar surface area (TPSA) is 47.3 Å². The number of hydrogen-bond donors (Lipinski definition) is 2. The first-order chi connectivity index (χ1) is 8.00. The van der Waals surface area contributed by atoms with Crippen LogP contribution >= 0.6 is 15.9 Å². The predicted molar refractivity (Wildman–Crippen MR) is 75.4 cm³/mol. The van der Waals surface area contributed by atoms with Gasteiger partial charge >= 0.3 is 0 Å². The van der Waals surface area contributed by atoms with Crippen molar-refractivity contribution in [3.05, 3.63) is 22.2 Å². The predicted octanol–water partition coefficient (Wildman–Crippen LogP) is 3.32. The second-order valence-electron chi connectivity index (χ2n) is 5.03. The highest BCUT2D eigenvalue weighted by atomic mass is 79.9. The Kier molecular flexibility index (Phi) is 3.64. The summed E-state index contributed by atoms with van der Waals surface area (Å²) in [4.78, 5) is 0. The lowest BCUT2D eigenvalue weighted by molar-refractivity contribution is 0.0540. The Balaban J connectivity index is 2.20. The standard InChI is InChI=1S/C13H19BrN2O/c1-9-6-12(10(14)7-11(9)15)16-13(2)4-3-5-17-8-13/h6-7,16H,3-5,8,15H2,1-2H3. The average Bonchev–Trinajstić information content (AvgIpc) is 2.26. The van der Waals surface area contributed by atoms with Crippen LogP contribution in [-0.4, -0.2) is 18.8 Å². The zero-order valence-corrected chi connectivity index (χ0v) is 11.9. The van der Waals surface area contributed by atoms with Crippen molar-refractivity contribution in [2.45, 2.75) is 32.2 Å². The van der Waals surface area contributed by atoms with Crippen molar-refractivity contribution in [3.63, 3.8) is 0 Å². The molecule has 1 aliphatic rings. The zero-order chi connectivity index (χ0) is 12.5. The van der Waals surface area contributed by atoms with Gasteiger partial charge in [-0.3, -0.25) is 0 Å². The van der Waals surface area contributed by atoms with E-state index >= 15 is 0 Å². The number of anilines is 2. The molecule has 0 bridgehead atoms. The number of nitrogen functional groups attached to an aromatic ring is 1. The molecule has 1 aromatic rings. The summed E-state index contributed by atoms with van der Waals surface area (Å²) in [5, 5.41) is 3.57. The van der Waals surface area contributed by atoms with Crippen LogP contribution in [0.25, 0.3) is 0 Å².